The number of likely N-dealkylation sites (N-methyl/N-ethyl adjacent to an activating group) is 1. The number of aryl methyl sites for hydroxylation is 1. The summed E-state index contributed by atoms with van der Waals surface area (Å²) < 4.78 is 30.3. The van der Waals surface area contributed by atoms with Gasteiger partial charge in [0.05, 0.1) is 22.0 Å². The molecule has 2 aromatic carbocycles. The van der Waals surface area contributed by atoms with E-state index in [0.29, 0.717) is 24.0 Å². The third-order valence-electron chi connectivity index (χ3n) is 13.4. The van der Waals surface area contributed by atoms with E-state index >= 15 is 0 Å². The normalized spacial score (nSPS) is 35.8. The molecule has 0 aromatic heterocycles. The van der Waals surface area contributed by atoms with Crippen LogP contribution >= 0.6 is 11.6 Å². The highest BCUT2D eigenvalue weighted by Gasteiger charge is 2.52. The summed E-state index contributed by atoms with van der Waals surface area (Å²) in [6, 6.07) is 12.0. The summed E-state index contributed by atoms with van der Waals surface area (Å²) in [6.45, 7) is 11.3. The lowest BCUT2D eigenvalue weighted by atomic mass is 9.63. The van der Waals surface area contributed by atoms with Gasteiger partial charge < -0.3 is 19.3 Å². The summed E-state index contributed by atoms with van der Waals surface area (Å²) in [5.74, 6) is 5.21. The number of carbonyl (C=O) groups is 1. The third-order valence-corrected chi connectivity index (χ3v) is 15.9. The molecule has 1 saturated heterocycles. The van der Waals surface area contributed by atoms with E-state index in [0.717, 1.165) is 87.7 Å². The Morgan fingerprint density at radius 2 is 1.92 bits per heavy atom. The highest BCUT2D eigenvalue weighted by molar-refractivity contribution is 7.99. The van der Waals surface area contributed by atoms with Gasteiger partial charge >= 0.3 is 0 Å². The van der Waals surface area contributed by atoms with E-state index in [1.165, 1.54) is 11.1 Å². The lowest BCUT2D eigenvalue weighted by Crippen LogP contribution is -2.70. The summed E-state index contributed by atoms with van der Waals surface area (Å²) in [6.07, 6.45) is 10.6. The maximum Gasteiger partial charge on any atom is 0.262 e. The molecule has 10 heteroatoms. The zero-order valence-corrected chi connectivity index (χ0v) is 33.0. The van der Waals surface area contributed by atoms with Crippen LogP contribution in [0.4, 0.5) is 5.69 Å². The Labute approximate surface area is 311 Å². The molecule has 2 aliphatic carbocycles. The van der Waals surface area contributed by atoms with E-state index in [4.69, 9.17) is 21.1 Å². The van der Waals surface area contributed by atoms with Crippen molar-refractivity contribution in [1.29, 1.82) is 0 Å². The smallest absolute Gasteiger partial charge is 0.262 e. The fraction of sp³-hybridized carbons (Fsp3) is 0.610. The Morgan fingerprint density at radius 1 is 1.14 bits per heavy atom. The van der Waals surface area contributed by atoms with Gasteiger partial charge in [-0.3, -0.25) is 14.4 Å². The second-order valence-corrected chi connectivity index (χ2v) is 19.7. The number of amides is 1. The highest BCUT2D eigenvalue weighted by Crippen LogP contribution is 2.49. The molecule has 7 atom stereocenters. The van der Waals surface area contributed by atoms with E-state index in [9.17, 15) is 9.00 Å². The van der Waals surface area contributed by atoms with Gasteiger partial charge in [-0.2, -0.15) is 0 Å². The Morgan fingerprint density at radius 3 is 2.63 bits per heavy atom. The van der Waals surface area contributed by atoms with Gasteiger partial charge in [-0.15, -0.1) is 0 Å². The third kappa shape index (κ3) is 6.75. The number of methoxy groups -OCH3 is 1. The van der Waals surface area contributed by atoms with Crippen molar-refractivity contribution in [3.63, 3.8) is 0 Å². The molecule has 278 valence electrons. The van der Waals surface area contributed by atoms with Gasteiger partial charge in [0.15, 0.2) is 0 Å². The van der Waals surface area contributed by atoms with Crippen LogP contribution in [-0.4, -0.2) is 103 Å². The number of rotatable bonds is 4. The number of likely N-dealkylation sites (tertiary alicyclic amines) is 1. The molecule has 5 aliphatic rings. The number of fused-ring (bicyclic) bond motifs is 4. The first-order valence-electron chi connectivity index (χ1n) is 18.8. The van der Waals surface area contributed by atoms with Crippen molar-refractivity contribution in [3.05, 3.63) is 70.3 Å². The van der Waals surface area contributed by atoms with Crippen molar-refractivity contribution in [1.82, 2.24) is 14.5 Å². The van der Waals surface area contributed by atoms with Gasteiger partial charge in [0, 0.05) is 66.6 Å². The van der Waals surface area contributed by atoms with Crippen LogP contribution in [0.1, 0.15) is 74.4 Å². The second kappa shape index (κ2) is 13.7. The van der Waals surface area contributed by atoms with Gasteiger partial charge in [0.1, 0.15) is 11.4 Å². The molecule has 3 heterocycles. The average molecular weight is 737 g/mol. The summed E-state index contributed by atoms with van der Waals surface area (Å²) >= 11 is 6.51. The zero-order chi connectivity index (χ0) is 36.3. The molecule has 2 aromatic rings. The molecule has 1 spiro atoms. The van der Waals surface area contributed by atoms with E-state index in [2.05, 4.69) is 77.5 Å². The zero-order valence-electron chi connectivity index (χ0n) is 31.4. The average Bonchev–Trinajstić information content (AvgIpc) is 3.21. The van der Waals surface area contributed by atoms with E-state index in [1.54, 1.807) is 6.07 Å². The van der Waals surface area contributed by atoms with Crippen molar-refractivity contribution >= 4 is 38.8 Å². The van der Waals surface area contributed by atoms with Crippen molar-refractivity contribution in [3.8, 4) is 5.75 Å². The largest absolute Gasteiger partial charge is 0.490 e. The van der Waals surface area contributed by atoms with Crippen molar-refractivity contribution < 1.29 is 18.5 Å². The molecule has 1 amide bonds. The lowest BCUT2D eigenvalue weighted by molar-refractivity contribution is -0.120. The minimum absolute atomic E-state index is 0.0348. The first kappa shape index (κ1) is 36.8. The molecule has 1 saturated carbocycles. The maximum absolute atomic E-state index is 14.0. The minimum atomic E-state index is -2.95. The highest BCUT2D eigenvalue weighted by atomic mass is 35.5. The summed E-state index contributed by atoms with van der Waals surface area (Å²) in [5.41, 5.74) is 3.47. The molecule has 0 radical (unpaired) electrons. The predicted octanol–water partition coefficient (Wildman–Crippen LogP) is 6.21. The Bertz CT molecular complexity index is 1790. The molecule has 1 unspecified atom stereocenters. The van der Waals surface area contributed by atoms with E-state index in [1.807, 2.05) is 32.2 Å². The van der Waals surface area contributed by atoms with Crippen molar-refractivity contribution in [2.75, 3.05) is 65.4 Å². The van der Waals surface area contributed by atoms with Crippen molar-refractivity contribution in [2.24, 2.45) is 17.8 Å². The standard InChI is InChI=1S/C41H57ClN4O4S/c1-28-10-8-19-41(49-6,26-45-23-39(3,24-45)44(4)5)35-15-12-32(35)22-46-25-40(18-9-11-30-20-33(42)14-16-34(30)40)27-50-37-17-13-31(21-36(37)46)38(47)43-51(7,48)29(28)2/h8,13-14,16-17,19-21,28-29,32,35H,7,9-12,15,18,22-27H2,1-6H3,(H,43,47,48)/b19-8+/t28-,29+,32-,35+,40-,41+,51?/m0/s1. The molecule has 2 bridgehead atoms. The first-order chi connectivity index (χ1) is 24.2. The van der Waals surface area contributed by atoms with Gasteiger partial charge in [-0.25, -0.2) is 4.21 Å². The molecule has 51 heavy (non-hydrogen) atoms. The quantitative estimate of drug-likeness (QED) is 0.296. The Hall–Kier alpha value is -2.56. The van der Waals surface area contributed by atoms with Crippen LogP contribution in [0.2, 0.25) is 5.02 Å². The van der Waals surface area contributed by atoms with Gasteiger partial charge in [-0.05, 0) is 132 Å². The number of carbonyl (C=O) groups excluding carboxylic acids is 1. The molecule has 3 aliphatic heterocycles. The second-order valence-electron chi connectivity index (χ2n) is 16.9. The minimum Gasteiger partial charge on any atom is -0.490 e. The van der Waals surface area contributed by atoms with Crippen LogP contribution in [0.15, 0.2) is 48.6 Å². The number of allylic oxidation sites excluding steroid dienone is 1. The molecule has 1 N–H and O–H groups in total. The Balaban J connectivity index is 1.30. The van der Waals surface area contributed by atoms with E-state index < -0.39 is 15.3 Å². The number of hydrogen-bond acceptors (Lipinski definition) is 7. The SMILES string of the molecule is C=S1(=O)NC(=O)c2ccc3c(c2)N(C[C@@H]2CC[C@H]2[C@@](CN2CC(C)(N(C)C)C2)(OC)/C=C/C[C@H](C)[C@H]1C)C[C@@]1(CCCc2cc(Cl)ccc21)CO3. The number of nitrogens with zero attached hydrogens (tertiary/aromatic N) is 3. The predicted molar refractivity (Wildman–Crippen MR) is 210 cm³/mol. The number of hydrogen-bond donors (Lipinski definition) is 1. The number of anilines is 1. The Kier molecular flexibility index (Phi) is 9.88. The molecule has 8 nitrogen and oxygen atoms in total. The fourth-order valence-electron chi connectivity index (χ4n) is 9.57. The number of nitrogens with one attached hydrogen (secondary N) is 1. The summed E-state index contributed by atoms with van der Waals surface area (Å²) in [5, 5.41) is 0.438. The molecular formula is C41H57ClN4O4S. The number of ether oxygens (including phenoxy) is 2. The summed E-state index contributed by atoms with van der Waals surface area (Å²) in [7, 11) is 3.28. The number of benzene rings is 2. The lowest BCUT2D eigenvalue weighted by Gasteiger charge is -2.57. The van der Waals surface area contributed by atoms with Gasteiger partial charge in [0.25, 0.3) is 5.91 Å². The van der Waals surface area contributed by atoms with E-state index in [-0.39, 0.29) is 28.0 Å². The number of halogens is 1. The summed E-state index contributed by atoms with van der Waals surface area (Å²) in [4.78, 5) is 21.2. The first-order valence-corrected chi connectivity index (χ1v) is 21.0. The molecule has 2 fully saturated rings. The maximum atomic E-state index is 14.0. The monoisotopic (exact) mass is 736 g/mol. The van der Waals surface area contributed by atoms with Crippen LogP contribution < -0.4 is 14.4 Å². The van der Waals surface area contributed by atoms with Crippen LogP contribution in [0.3, 0.4) is 0 Å². The molecular weight excluding hydrogens is 680 g/mol. The van der Waals surface area contributed by atoms with Crippen LogP contribution in [-0.2, 0) is 26.3 Å². The van der Waals surface area contributed by atoms with Crippen LogP contribution in [0.25, 0.3) is 0 Å². The molecule has 7 rings (SSSR count). The van der Waals surface area contributed by atoms with Crippen LogP contribution in [0.5, 0.6) is 5.75 Å². The fourth-order valence-corrected chi connectivity index (χ4v) is 11.2. The van der Waals surface area contributed by atoms with Gasteiger partial charge in [0.2, 0.25) is 0 Å². The van der Waals surface area contributed by atoms with Crippen molar-refractivity contribution in [2.45, 2.75) is 81.1 Å². The topological polar surface area (TPSA) is 74.4 Å². The van der Waals surface area contributed by atoms with Gasteiger partial charge in [-0.1, -0.05) is 36.7 Å². The van der Waals surface area contributed by atoms with Crippen LogP contribution in [0, 0.1) is 17.8 Å².